The van der Waals surface area contributed by atoms with Gasteiger partial charge in [-0.15, -0.1) is 23.7 Å². The molecule has 1 N–H and O–H groups in total. The fourth-order valence-electron chi connectivity index (χ4n) is 2.75. The van der Waals surface area contributed by atoms with Crippen LogP contribution >= 0.6 is 23.7 Å². The van der Waals surface area contributed by atoms with Crippen molar-refractivity contribution < 1.29 is 0 Å². The van der Waals surface area contributed by atoms with E-state index in [1.54, 1.807) is 4.88 Å². The highest BCUT2D eigenvalue weighted by atomic mass is 35.5. The van der Waals surface area contributed by atoms with E-state index in [1.807, 2.05) is 11.3 Å². The molecule has 2 heterocycles. The fourth-order valence-corrected chi connectivity index (χ4v) is 4.06. The van der Waals surface area contributed by atoms with Gasteiger partial charge in [-0.25, -0.2) is 0 Å². The zero-order chi connectivity index (χ0) is 11.8. The second kappa shape index (κ2) is 5.60. The van der Waals surface area contributed by atoms with Crippen molar-refractivity contribution in [2.24, 2.45) is 0 Å². The predicted octanol–water partition coefficient (Wildman–Crippen LogP) is 4.49. The first-order valence-corrected chi connectivity index (χ1v) is 7.27. The Hall–Kier alpha value is -0.570. The summed E-state index contributed by atoms with van der Waals surface area (Å²) in [5.41, 5.74) is 1.37. The molecule has 1 aliphatic heterocycles. The third-order valence-electron chi connectivity index (χ3n) is 3.72. The number of fused-ring (bicyclic) bond motifs is 1. The molecule has 1 aromatic carbocycles. The van der Waals surface area contributed by atoms with Gasteiger partial charge >= 0.3 is 0 Å². The van der Waals surface area contributed by atoms with Crippen LogP contribution in [0.4, 0.5) is 0 Å². The van der Waals surface area contributed by atoms with Gasteiger partial charge in [0.15, 0.2) is 0 Å². The van der Waals surface area contributed by atoms with Gasteiger partial charge in [0.2, 0.25) is 0 Å². The van der Waals surface area contributed by atoms with Crippen molar-refractivity contribution >= 4 is 33.8 Å². The first kappa shape index (κ1) is 13.9. The van der Waals surface area contributed by atoms with Crippen LogP contribution in [0, 0.1) is 6.92 Å². The van der Waals surface area contributed by atoms with E-state index in [1.165, 1.54) is 35.0 Å². The van der Waals surface area contributed by atoms with Crippen molar-refractivity contribution in [2.75, 3.05) is 6.54 Å². The Labute approximate surface area is 119 Å². The molecular formula is C15H20ClNS. The maximum absolute atomic E-state index is 3.53. The average molecular weight is 282 g/mol. The van der Waals surface area contributed by atoms with Crippen LogP contribution in [-0.2, 0) is 0 Å². The van der Waals surface area contributed by atoms with Gasteiger partial charge in [0, 0.05) is 15.6 Å². The van der Waals surface area contributed by atoms with Gasteiger partial charge in [-0.05, 0) is 62.2 Å². The number of nitrogens with one attached hydrogen (secondary N) is 1. The van der Waals surface area contributed by atoms with Gasteiger partial charge in [-0.2, -0.15) is 0 Å². The number of hydrogen-bond acceptors (Lipinski definition) is 2. The molecule has 1 fully saturated rings. The molecular weight excluding hydrogens is 262 g/mol. The molecule has 2 atom stereocenters. The maximum Gasteiger partial charge on any atom is 0.0348 e. The summed E-state index contributed by atoms with van der Waals surface area (Å²) in [4.78, 5) is 1.58. The van der Waals surface area contributed by atoms with Gasteiger partial charge < -0.3 is 5.32 Å². The Balaban J connectivity index is 0.00000120. The number of aryl methyl sites for hydroxylation is 1. The minimum atomic E-state index is 0. The van der Waals surface area contributed by atoms with E-state index in [4.69, 9.17) is 0 Å². The number of rotatable bonds is 1. The molecule has 2 aromatic rings. The Morgan fingerprint density at radius 3 is 2.89 bits per heavy atom. The SMILES string of the molecule is Cc1ccc2cc(C3CCNC(C)C3)sc2c1.Cl. The first-order chi connectivity index (χ1) is 8.22. The fraction of sp³-hybridized carbons (Fsp3) is 0.467. The minimum Gasteiger partial charge on any atom is -0.314 e. The van der Waals surface area contributed by atoms with Crippen LogP contribution in [0.1, 0.15) is 36.1 Å². The monoisotopic (exact) mass is 281 g/mol. The summed E-state index contributed by atoms with van der Waals surface area (Å²) in [6.45, 7) is 5.63. The Morgan fingerprint density at radius 1 is 1.28 bits per heavy atom. The molecule has 0 bridgehead atoms. The highest BCUT2D eigenvalue weighted by molar-refractivity contribution is 7.19. The molecule has 0 amide bonds. The molecule has 3 rings (SSSR count). The van der Waals surface area contributed by atoms with Crippen LogP contribution in [0.5, 0.6) is 0 Å². The van der Waals surface area contributed by atoms with Gasteiger partial charge in [0.1, 0.15) is 0 Å². The van der Waals surface area contributed by atoms with E-state index in [-0.39, 0.29) is 12.4 Å². The summed E-state index contributed by atoms with van der Waals surface area (Å²) in [5.74, 6) is 0.768. The zero-order valence-corrected chi connectivity index (χ0v) is 12.5. The van der Waals surface area contributed by atoms with E-state index in [0.717, 1.165) is 5.92 Å². The van der Waals surface area contributed by atoms with Crippen LogP contribution in [0.2, 0.25) is 0 Å². The molecule has 98 valence electrons. The van der Waals surface area contributed by atoms with Crippen LogP contribution in [-0.4, -0.2) is 12.6 Å². The van der Waals surface area contributed by atoms with Gasteiger partial charge in [0.25, 0.3) is 0 Å². The zero-order valence-electron chi connectivity index (χ0n) is 10.9. The molecule has 0 saturated carbocycles. The van der Waals surface area contributed by atoms with Crippen molar-refractivity contribution in [1.29, 1.82) is 0 Å². The lowest BCUT2D eigenvalue weighted by molar-refractivity contribution is 0.384. The lowest BCUT2D eigenvalue weighted by Crippen LogP contribution is -2.34. The highest BCUT2D eigenvalue weighted by Gasteiger charge is 2.21. The summed E-state index contributed by atoms with van der Waals surface area (Å²) in [5, 5.41) is 4.95. The predicted molar refractivity (Wildman–Crippen MR) is 83.2 cm³/mol. The topological polar surface area (TPSA) is 12.0 Å². The molecule has 2 unspecified atom stereocenters. The van der Waals surface area contributed by atoms with Crippen molar-refractivity contribution in [3.63, 3.8) is 0 Å². The molecule has 1 aliphatic rings. The number of thiophene rings is 1. The second-order valence-electron chi connectivity index (χ2n) is 5.27. The summed E-state index contributed by atoms with van der Waals surface area (Å²) in [6.07, 6.45) is 2.57. The Bertz CT molecular complexity index is 534. The lowest BCUT2D eigenvalue weighted by atomic mass is 9.92. The third-order valence-corrected chi connectivity index (χ3v) is 4.98. The molecule has 1 aromatic heterocycles. The van der Waals surface area contributed by atoms with E-state index in [2.05, 4.69) is 43.4 Å². The Morgan fingerprint density at radius 2 is 2.11 bits per heavy atom. The molecule has 1 saturated heterocycles. The first-order valence-electron chi connectivity index (χ1n) is 6.46. The van der Waals surface area contributed by atoms with E-state index in [9.17, 15) is 0 Å². The molecule has 0 aliphatic carbocycles. The average Bonchev–Trinajstić information content (AvgIpc) is 2.72. The van der Waals surface area contributed by atoms with E-state index < -0.39 is 0 Å². The number of benzene rings is 1. The van der Waals surface area contributed by atoms with Crippen LogP contribution in [0.25, 0.3) is 10.1 Å². The van der Waals surface area contributed by atoms with Crippen molar-refractivity contribution in [1.82, 2.24) is 5.32 Å². The van der Waals surface area contributed by atoms with Gasteiger partial charge in [-0.3, -0.25) is 0 Å². The third kappa shape index (κ3) is 2.71. The van der Waals surface area contributed by atoms with E-state index >= 15 is 0 Å². The number of halogens is 1. The second-order valence-corrected chi connectivity index (χ2v) is 6.38. The largest absolute Gasteiger partial charge is 0.314 e. The molecule has 1 nitrogen and oxygen atoms in total. The molecule has 3 heteroatoms. The van der Waals surface area contributed by atoms with E-state index in [0.29, 0.717) is 6.04 Å². The van der Waals surface area contributed by atoms with Crippen molar-refractivity contribution in [3.8, 4) is 0 Å². The molecule has 18 heavy (non-hydrogen) atoms. The van der Waals surface area contributed by atoms with Gasteiger partial charge in [0.05, 0.1) is 0 Å². The standard InChI is InChI=1S/C15H19NS.ClH/c1-10-3-4-12-9-15(17-14(12)7-10)13-5-6-16-11(2)8-13;/h3-4,7,9,11,13,16H,5-6,8H2,1-2H3;1H. The normalized spacial score (nSPS) is 23.9. The summed E-state index contributed by atoms with van der Waals surface area (Å²) in [7, 11) is 0. The summed E-state index contributed by atoms with van der Waals surface area (Å²) >= 11 is 1.99. The number of hydrogen-bond donors (Lipinski definition) is 1. The number of piperidine rings is 1. The minimum absolute atomic E-state index is 0. The quantitative estimate of drug-likeness (QED) is 0.812. The molecule has 0 spiro atoms. The smallest absolute Gasteiger partial charge is 0.0348 e. The van der Waals surface area contributed by atoms with Crippen molar-refractivity contribution in [3.05, 3.63) is 34.7 Å². The van der Waals surface area contributed by atoms with Crippen LogP contribution < -0.4 is 5.32 Å². The highest BCUT2D eigenvalue weighted by Crippen LogP contribution is 2.36. The van der Waals surface area contributed by atoms with Gasteiger partial charge in [-0.1, -0.05) is 12.1 Å². The summed E-state index contributed by atoms with van der Waals surface area (Å²) < 4.78 is 1.45. The maximum atomic E-state index is 3.53. The van der Waals surface area contributed by atoms with Crippen LogP contribution in [0.15, 0.2) is 24.3 Å². The Kier molecular flexibility index (Phi) is 4.31. The summed E-state index contributed by atoms with van der Waals surface area (Å²) in [6, 6.07) is 9.86. The lowest BCUT2D eigenvalue weighted by Gasteiger charge is -2.27. The molecule has 0 radical (unpaired) electrons. The van der Waals surface area contributed by atoms with Crippen molar-refractivity contribution in [2.45, 2.75) is 38.6 Å². The van der Waals surface area contributed by atoms with Crippen LogP contribution in [0.3, 0.4) is 0 Å².